The van der Waals surface area contributed by atoms with Crippen molar-refractivity contribution >= 4 is 33.8 Å². The molecule has 2 N–H and O–H groups in total. The van der Waals surface area contributed by atoms with Crippen LogP contribution in [0, 0.1) is 0 Å². The topological polar surface area (TPSA) is 72.5 Å². The number of benzene rings is 2. The van der Waals surface area contributed by atoms with E-state index in [1.807, 2.05) is 17.5 Å². The number of fused-ring (bicyclic) bond motifs is 1. The number of hydrogen-bond donors (Lipinski definition) is 2. The first-order valence-corrected chi connectivity index (χ1v) is 9.57. The first kappa shape index (κ1) is 17.4. The van der Waals surface area contributed by atoms with Crippen LogP contribution in [0.15, 0.2) is 47.8 Å². The second-order valence-corrected chi connectivity index (χ2v) is 6.97. The number of aromatic nitrogens is 1. The van der Waals surface area contributed by atoms with Crippen LogP contribution in [-0.2, 0) is 17.6 Å². The highest BCUT2D eigenvalue weighted by atomic mass is 32.1. The van der Waals surface area contributed by atoms with Crippen molar-refractivity contribution < 1.29 is 14.3 Å². The molecule has 3 aromatic rings. The standard InChI is InChI=1S/C20H19N3O3S/c1-2-13-3-5-14(6-4-13)22-20-23-16(11-27-20)10-19(24)21-15-7-8-17-18(9-15)26-12-25-17/h3-9,11H,2,10,12H2,1H3,(H,21,24)(H,22,23). The van der Waals surface area contributed by atoms with Gasteiger partial charge < -0.3 is 20.1 Å². The third-order valence-corrected chi connectivity index (χ3v) is 4.97. The summed E-state index contributed by atoms with van der Waals surface area (Å²) < 4.78 is 10.6. The fourth-order valence-electron chi connectivity index (χ4n) is 2.74. The summed E-state index contributed by atoms with van der Waals surface area (Å²) in [6, 6.07) is 13.6. The van der Waals surface area contributed by atoms with Crippen molar-refractivity contribution in [2.45, 2.75) is 19.8 Å². The van der Waals surface area contributed by atoms with Crippen LogP contribution in [0.3, 0.4) is 0 Å². The number of hydrogen-bond acceptors (Lipinski definition) is 6. The van der Waals surface area contributed by atoms with Gasteiger partial charge in [-0.15, -0.1) is 11.3 Å². The number of nitrogens with one attached hydrogen (secondary N) is 2. The molecular weight excluding hydrogens is 362 g/mol. The van der Waals surface area contributed by atoms with Crippen LogP contribution in [0.2, 0.25) is 0 Å². The van der Waals surface area contributed by atoms with E-state index in [1.165, 1.54) is 16.9 Å². The molecule has 1 aliphatic heterocycles. The van der Waals surface area contributed by atoms with Gasteiger partial charge in [-0.05, 0) is 36.2 Å². The molecule has 6 nitrogen and oxygen atoms in total. The molecule has 0 unspecified atom stereocenters. The fraction of sp³-hybridized carbons (Fsp3) is 0.200. The quantitative estimate of drug-likeness (QED) is 0.664. The minimum Gasteiger partial charge on any atom is -0.454 e. The molecule has 1 aliphatic rings. The van der Waals surface area contributed by atoms with Crippen LogP contribution >= 0.6 is 11.3 Å². The molecule has 1 amide bonds. The highest BCUT2D eigenvalue weighted by Crippen LogP contribution is 2.34. The molecule has 27 heavy (non-hydrogen) atoms. The van der Waals surface area contributed by atoms with Crippen molar-refractivity contribution in [2.24, 2.45) is 0 Å². The van der Waals surface area contributed by atoms with E-state index in [4.69, 9.17) is 9.47 Å². The van der Waals surface area contributed by atoms with Crippen LogP contribution in [0.5, 0.6) is 11.5 Å². The largest absolute Gasteiger partial charge is 0.454 e. The molecule has 2 heterocycles. The van der Waals surface area contributed by atoms with Gasteiger partial charge in [-0.1, -0.05) is 19.1 Å². The lowest BCUT2D eigenvalue weighted by Gasteiger charge is -2.05. The Labute approximate surface area is 161 Å². The van der Waals surface area contributed by atoms with Crippen molar-refractivity contribution in [3.63, 3.8) is 0 Å². The van der Waals surface area contributed by atoms with Crippen molar-refractivity contribution in [1.29, 1.82) is 0 Å². The molecule has 0 saturated carbocycles. The lowest BCUT2D eigenvalue weighted by Crippen LogP contribution is -2.14. The first-order chi connectivity index (χ1) is 13.2. The second kappa shape index (κ2) is 7.67. The van der Waals surface area contributed by atoms with E-state index in [0.717, 1.165) is 22.9 Å². The van der Waals surface area contributed by atoms with Gasteiger partial charge in [0.05, 0.1) is 12.1 Å². The normalized spacial score (nSPS) is 12.0. The highest BCUT2D eigenvalue weighted by molar-refractivity contribution is 7.13. The zero-order chi connectivity index (χ0) is 18.6. The molecular formula is C20H19N3O3S. The summed E-state index contributed by atoms with van der Waals surface area (Å²) in [5, 5.41) is 8.79. The predicted octanol–water partition coefficient (Wildman–Crippen LogP) is 4.36. The van der Waals surface area contributed by atoms with E-state index in [9.17, 15) is 4.79 Å². The number of carbonyl (C=O) groups is 1. The summed E-state index contributed by atoms with van der Waals surface area (Å²) in [5.41, 5.74) is 3.68. The summed E-state index contributed by atoms with van der Waals surface area (Å²) >= 11 is 1.48. The Balaban J connectivity index is 1.35. The molecule has 0 bridgehead atoms. The Morgan fingerprint density at radius 3 is 2.70 bits per heavy atom. The molecule has 0 fully saturated rings. The van der Waals surface area contributed by atoms with E-state index in [0.29, 0.717) is 17.2 Å². The molecule has 0 saturated heterocycles. The van der Waals surface area contributed by atoms with E-state index < -0.39 is 0 Å². The highest BCUT2D eigenvalue weighted by Gasteiger charge is 2.15. The Morgan fingerprint density at radius 2 is 1.89 bits per heavy atom. The van der Waals surface area contributed by atoms with Gasteiger partial charge in [-0.2, -0.15) is 0 Å². The minimum atomic E-state index is -0.127. The maximum absolute atomic E-state index is 12.3. The van der Waals surface area contributed by atoms with E-state index in [2.05, 4.69) is 34.7 Å². The van der Waals surface area contributed by atoms with Gasteiger partial charge in [0.2, 0.25) is 12.7 Å². The summed E-state index contributed by atoms with van der Waals surface area (Å²) in [6.45, 7) is 2.34. The maximum Gasteiger partial charge on any atom is 0.231 e. The molecule has 7 heteroatoms. The van der Waals surface area contributed by atoms with E-state index >= 15 is 0 Å². The zero-order valence-corrected chi connectivity index (χ0v) is 15.6. The zero-order valence-electron chi connectivity index (χ0n) is 14.8. The average molecular weight is 381 g/mol. The summed E-state index contributed by atoms with van der Waals surface area (Å²) in [7, 11) is 0. The van der Waals surface area contributed by atoms with Crippen LogP contribution < -0.4 is 20.1 Å². The predicted molar refractivity (Wildman–Crippen MR) is 106 cm³/mol. The second-order valence-electron chi connectivity index (χ2n) is 6.11. The maximum atomic E-state index is 12.3. The van der Waals surface area contributed by atoms with Gasteiger partial charge in [0, 0.05) is 22.8 Å². The minimum absolute atomic E-state index is 0.127. The molecule has 4 rings (SSSR count). The summed E-state index contributed by atoms with van der Waals surface area (Å²) in [5.74, 6) is 1.20. The Hall–Kier alpha value is -3.06. The lowest BCUT2D eigenvalue weighted by atomic mass is 10.1. The number of carbonyl (C=O) groups excluding carboxylic acids is 1. The molecule has 1 aromatic heterocycles. The molecule has 0 atom stereocenters. The van der Waals surface area contributed by atoms with Gasteiger partial charge in [-0.25, -0.2) is 4.98 Å². The number of ether oxygens (including phenoxy) is 2. The van der Waals surface area contributed by atoms with Crippen molar-refractivity contribution in [3.8, 4) is 11.5 Å². The van der Waals surface area contributed by atoms with Gasteiger partial charge in [0.15, 0.2) is 16.6 Å². The van der Waals surface area contributed by atoms with Gasteiger partial charge in [0.25, 0.3) is 0 Å². The van der Waals surface area contributed by atoms with E-state index in [1.54, 1.807) is 18.2 Å². The third-order valence-electron chi connectivity index (χ3n) is 4.16. The third kappa shape index (κ3) is 4.20. The Bertz CT molecular complexity index is 953. The summed E-state index contributed by atoms with van der Waals surface area (Å²) in [4.78, 5) is 16.8. The fourth-order valence-corrected chi connectivity index (χ4v) is 3.47. The lowest BCUT2D eigenvalue weighted by molar-refractivity contribution is -0.115. The van der Waals surface area contributed by atoms with Crippen molar-refractivity contribution in [1.82, 2.24) is 4.98 Å². The van der Waals surface area contributed by atoms with Crippen molar-refractivity contribution in [2.75, 3.05) is 17.4 Å². The van der Waals surface area contributed by atoms with Gasteiger partial charge in [-0.3, -0.25) is 4.79 Å². The molecule has 0 spiro atoms. The summed E-state index contributed by atoms with van der Waals surface area (Å²) in [6.07, 6.45) is 1.22. The average Bonchev–Trinajstić information content (AvgIpc) is 3.31. The van der Waals surface area contributed by atoms with Crippen LogP contribution in [0.1, 0.15) is 18.2 Å². The van der Waals surface area contributed by atoms with Crippen LogP contribution in [-0.4, -0.2) is 17.7 Å². The van der Waals surface area contributed by atoms with Crippen LogP contribution in [0.25, 0.3) is 0 Å². The number of aryl methyl sites for hydroxylation is 1. The van der Waals surface area contributed by atoms with Crippen molar-refractivity contribution in [3.05, 3.63) is 59.1 Å². The van der Waals surface area contributed by atoms with Crippen LogP contribution in [0.4, 0.5) is 16.5 Å². The van der Waals surface area contributed by atoms with Gasteiger partial charge in [0.1, 0.15) is 0 Å². The number of amides is 1. The number of nitrogens with zero attached hydrogens (tertiary/aromatic N) is 1. The number of anilines is 3. The molecule has 0 radical (unpaired) electrons. The Kier molecular flexibility index (Phi) is 4.93. The van der Waals surface area contributed by atoms with Gasteiger partial charge >= 0.3 is 0 Å². The first-order valence-electron chi connectivity index (χ1n) is 8.69. The Morgan fingerprint density at radius 1 is 1.11 bits per heavy atom. The number of rotatable bonds is 6. The monoisotopic (exact) mass is 381 g/mol. The number of thiazole rings is 1. The molecule has 138 valence electrons. The molecule has 2 aromatic carbocycles. The SMILES string of the molecule is CCc1ccc(Nc2nc(CC(=O)Nc3ccc4c(c3)OCO4)cs2)cc1. The van der Waals surface area contributed by atoms with E-state index in [-0.39, 0.29) is 19.1 Å². The smallest absolute Gasteiger partial charge is 0.231 e. The molecule has 0 aliphatic carbocycles.